The second-order valence-corrected chi connectivity index (χ2v) is 3.84. The van der Waals surface area contributed by atoms with Gasteiger partial charge in [-0.05, 0) is 38.3 Å². The normalized spacial score (nSPS) is 26.0. The predicted octanol–water partition coefficient (Wildman–Crippen LogP) is 1.49. The Bertz CT molecular complexity index is 116. The molecule has 0 aliphatic carbocycles. The van der Waals surface area contributed by atoms with Gasteiger partial charge in [0.15, 0.2) is 0 Å². The van der Waals surface area contributed by atoms with Crippen molar-refractivity contribution in [3.8, 4) is 0 Å². The first-order valence-electron chi connectivity index (χ1n) is 5.20. The molecule has 0 radical (unpaired) electrons. The Morgan fingerprint density at radius 2 is 2.33 bits per heavy atom. The summed E-state index contributed by atoms with van der Waals surface area (Å²) in [5, 5.41) is 9.01. The van der Waals surface area contributed by atoms with Crippen LogP contribution in [0.2, 0.25) is 0 Å². The Balaban J connectivity index is 2.16. The lowest BCUT2D eigenvalue weighted by Crippen LogP contribution is -2.37. The van der Waals surface area contributed by atoms with Gasteiger partial charge in [-0.3, -0.25) is 0 Å². The van der Waals surface area contributed by atoms with Gasteiger partial charge in [0.2, 0.25) is 0 Å². The first kappa shape index (κ1) is 10.0. The van der Waals surface area contributed by atoms with E-state index >= 15 is 0 Å². The number of aliphatic hydroxyl groups is 1. The van der Waals surface area contributed by atoms with Gasteiger partial charge in [-0.15, -0.1) is 0 Å². The quantitative estimate of drug-likeness (QED) is 0.692. The maximum atomic E-state index is 9.01. The maximum absolute atomic E-state index is 9.01. The fourth-order valence-corrected chi connectivity index (χ4v) is 1.89. The number of nitrogens with zero attached hydrogens (tertiary/aromatic N) is 1. The number of likely N-dealkylation sites (tertiary alicyclic amines) is 1. The first-order chi connectivity index (χ1) is 5.86. The molecule has 0 aromatic rings. The highest BCUT2D eigenvalue weighted by molar-refractivity contribution is 4.71. The van der Waals surface area contributed by atoms with Gasteiger partial charge in [-0.1, -0.05) is 13.3 Å². The molecule has 0 saturated carbocycles. The summed E-state index contributed by atoms with van der Waals surface area (Å²) in [5.74, 6) is 0.551. The van der Waals surface area contributed by atoms with Crippen LogP contribution in [0.25, 0.3) is 0 Å². The average Bonchev–Trinajstić information content (AvgIpc) is 2.15. The minimum Gasteiger partial charge on any atom is -0.396 e. The van der Waals surface area contributed by atoms with Gasteiger partial charge < -0.3 is 10.0 Å². The molecule has 2 nitrogen and oxygen atoms in total. The third-order valence-corrected chi connectivity index (χ3v) is 2.69. The molecule has 1 N–H and O–H groups in total. The number of hydrogen-bond donors (Lipinski definition) is 1. The van der Waals surface area contributed by atoms with Gasteiger partial charge in [0.1, 0.15) is 0 Å². The summed E-state index contributed by atoms with van der Waals surface area (Å²) in [6, 6.07) is 0. The summed E-state index contributed by atoms with van der Waals surface area (Å²) in [7, 11) is 0. The zero-order chi connectivity index (χ0) is 8.81. The van der Waals surface area contributed by atoms with Crippen molar-refractivity contribution in [3.05, 3.63) is 0 Å². The van der Waals surface area contributed by atoms with E-state index in [4.69, 9.17) is 5.11 Å². The lowest BCUT2D eigenvalue weighted by molar-refractivity contribution is 0.119. The van der Waals surface area contributed by atoms with Crippen LogP contribution in [0.1, 0.15) is 32.6 Å². The van der Waals surface area contributed by atoms with Gasteiger partial charge in [-0.2, -0.15) is 0 Å². The summed E-state index contributed by atoms with van der Waals surface area (Å²) in [5.41, 5.74) is 0. The standard InChI is InChI=1S/C10H21NO/c1-2-3-6-11-7-4-5-10(8-11)9-12/h10,12H,2-9H2,1H3/t10-/m1/s1. The second kappa shape index (κ2) is 5.55. The zero-order valence-electron chi connectivity index (χ0n) is 8.13. The molecule has 0 aromatic carbocycles. The minimum atomic E-state index is 0.378. The number of unbranched alkanes of at least 4 members (excludes halogenated alkanes) is 1. The van der Waals surface area contributed by atoms with Crippen LogP contribution in [0.3, 0.4) is 0 Å². The fraction of sp³-hybridized carbons (Fsp3) is 1.00. The van der Waals surface area contributed by atoms with E-state index in [0.717, 1.165) is 6.54 Å². The van der Waals surface area contributed by atoms with Crippen LogP contribution in [-0.4, -0.2) is 36.2 Å². The fourth-order valence-electron chi connectivity index (χ4n) is 1.89. The van der Waals surface area contributed by atoms with Crippen molar-refractivity contribution in [1.29, 1.82) is 0 Å². The second-order valence-electron chi connectivity index (χ2n) is 3.84. The van der Waals surface area contributed by atoms with Gasteiger partial charge in [0.25, 0.3) is 0 Å². The largest absolute Gasteiger partial charge is 0.396 e. The van der Waals surface area contributed by atoms with E-state index in [2.05, 4.69) is 11.8 Å². The van der Waals surface area contributed by atoms with Crippen LogP contribution < -0.4 is 0 Å². The van der Waals surface area contributed by atoms with Crippen LogP contribution in [0.4, 0.5) is 0 Å². The molecule has 72 valence electrons. The SMILES string of the molecule is CCCCN1CCC[C@@H](CO)C1. The lowest BCUT2D eigenvalue weighted by atomic mass is 9.99. The van der Waals surface area contributed by atoms with E-state index < -0.39 is 0 Å². The molecule has 1 atom stereocenters. The number of piperidine rings is 1. The van der Waals surface area contributed by atoms with E-state index in [0.29, 0.717) is 12.5 Å². The van der Waals surface area contributed by atoms with Crippen LogP contribution in [0.5, 0.6) is 0 Å². The van der Waals surface area contributed by atoms with Crippen molar-refractivity contribution < 1.29 is 5.11 Å². The van der Waals surface area contributed by atoms with Gasteiger partial charge in [0, 0.05) is 13.2 Å². The lowest BCUT2D eigenvalue weighted by Gasteiger charge is -2.31. The highest BCUT2D eigenvalue weighted by Gasteiger charge is 2.17. The third kappa shape index (κ3) is 3.11. The Labute approximate surface area is 75.6 Å². The molecule has 0 unspecified atom stereocenters. The van der Waals surface area contributed by atoms with Gasteiger partial charge in [0.05, 0.1) is 0 Å². The van der Waals surface area contributed by atoms with E-state index in [1.54, 1.807) is 0 Å². The highest BCUT2D eigenvalue weighted by atomic mass is 16.3. The van der Waals surface area contributed by atoms with Crippen molar-refractivity contribution in [2.75, 3.05) is 26.2 Å². The van der Waals surface area contributed by atoms with Crippen molar-refractivity contribution in [3.63, 3.8) is 0 Å². The van der Waals surface area contributed by atoms with Crippen molar-refractivity contribution in [1.82, 2.24) is 4.90 Å². The zero-order valence-corrected chi connectivity index (χ0v) is 8.13. The van der Waals surface area contributed by atoms with Crippen LogP contribution in [-0.2, 0) is 0 Å². The average molecular weight is 171 g/mol. The molecule has 12 heavy (non-hydrogen) atoms. The Morgan fingerprint density at radius 3 is 3.00 bits per heavy atom. The predicted molar refractivity (Wildman–Crippen MR) is 51.2 cm³/mol. The van der Waals surface area contributed by atoms with Gasteiger partial charge >= 0.3 is 0 Å². The highest BCUT2D eigenvalue weighted by Crippen LogP contribution is 2.15. The summed E-state index contributed by atoms with van der Waals surface area (Å²) in [6.45, 7) is 6.20. The van der Waals surface area contributed by atoms with E-state index in [1.807, 2.05) is 0 Å². The molecule has 0 aromatic heterocycles. The summed E-state index contributed by atoms with van der Waals surface area (Å²) >= 11 is 0. The molecule has 1 heterocycles. The number of aliphatic hydroxyl groups excluding tert-OH is 1. The smallest absolute Gasteiger partial charge is 0.0471 e. The molecule has 1 fully saturated rings. The molecule has 0 amide bonds. The van der Waals surface area contributed by atoms with Crippen molar-refractivity contribution >= 4 is 0 Å². The first-order valence-corrected chi connectivity index (χ1v) is 5.20. The molecule has 1 saturated heterocycles. The van der Waals surface area contributed by atoms with E-state index in [-0.39, 0.29) is 0 Å². The Kier molecular flexibility index (Phi) is 4.62. The van der Waals surface area contributed by atoms with Crippen molar-refractivity contribution in [2.45, 2.75) is 32.6 Å². The topological polar surface area (TPSA) is 23.5 Å². The molecule has 0 spiro atoms. The number of rotatable bonds is 4. The molecule has 1 aliphatic heterocycles. The molecular formula is C10H21NO. The molecular weight excluding hydrogens is 150 g/mol. The summed E-state index contributed by atoms with van der Waals surface area (Å²) in [4.78, 5) is 2.49. The molecule has 1 aliphatic rings. The monoisotopic (exact) mass is 171 g/mol. The van der Waals surface area contributed by atoms with Crippen molar-refractivity contribution in [2.24, 2.45) is 5.92 Å². The molecule has 2 heteroatoms. The van der Waals surface area contributed by atoms with Crippen LogP contribution >= 0.6 is 0 Å². The summed E-state index contributed by atoms with van der Waals surface area (Å²) in [6.07, 6.45) is 5.08. The third-order valence-electron chi connectivity index (χ3n) is 2.69. The molecule has 0 bridgehead atoms. The Hall–Kier alpha value is -0.0800. The van der Waals surface area contributed by atoms with E-state index in [1.165, 1.54) is 38.8 Å². The van der Waals surface area contributed by atoms with Gasteiger partial charge in [-0.25, -0.2) is 0 Å². The summed E-state index contributed by atoms with van der Waals surface area (Å²) < 4.78 is 0. The van der Waals surface area contributed by atoms with Crippen LogP contribution in [0.15, 0.2) is 0 Å². The maximum Gasteiger partial charge on any atom is 0.0471 e. The van der Waals surface area contributed by atoms with E-state index in [9.17, 15) is 0 Å². The van der Waals surface area contributed by atoms with Crippen LogP contribution in [0, 0.1) is 5.92 Å². The molecule has 1 rings (SSSR count). The minimum absolute atomic E-state index is 0.378. The number of hydrogen-bond acceptors (Lipinski definition) is 2. The Morgan fingerprint density at radius 1 is 1.50 bits per heavy atom.